The van der Waals surface area contributed by atoms with E-state index in [9.17, 15) is 14.7 Å². The highest BCUT2D eigenvalue weighted by Gasteiger charge is 2.33. The lowest BCUT2D eigenvalue weighted by Crippen LogP contribution is -2.39. The Morgan fingerprint density at radius 3 is 2.65 bits per heavy atom. The number of allylic oxidation sites excluding steroid dienone is 1. The molecule has 1 atom stereocenters. The number of morpholine rings is 1. The molecule has 0 radical (unpaired) electrons. The van der Waals surface area contributed by atoms with Gasteiger partial charge in [-0.1, -0.05) is 42.9 Å². The predicted molar refractivity (Wildman–Crippen MR) is 134 cm³/mol. The number of carboxylic acids is 1. The van der Waals surface area contributed by atoms with Gasteiger partial charge in [0, 0.05) is 23.7 Å². The highest BCUT2D eigenvalue weighted by atomic mass is 32.1. The fourth-order valence-electron chi connectivity index (χ4n) is 4.39. The zero-order valence-electron chi connectivity index (χ0n) is 18.8. The third kappa shape index (κ3) is 4.26. The first kappa shape index (κ1) is 22.8. The van der Waals surface area contributed by atoms with Crippen LogP contribution in [0.5, 0.6) is 0 Å². The molecule has 5 rings (SSSR count). The van der Waals surface area contributed by atoms with Crippen molar-refractivity contribution in [2.24, 2.45) is 4.99 Å². The van der Waals surface area contributed by atoms with Crippen molar-refractivity contribution in [3.8, 4) is 0 Å². The van der Waals surface area contributed by atoms with Crippen molar-refractivity contribution >= 4 is 40.4 Å². The van der Waals surface area contributed by atoms with E-state index in [1.165, 1.54) is 22.7 Å². The molecule has 0 aliphatic carbocycles. The predicted octanol–water partition coefficient (Wildman–Crippen LogP) is 3.00. The number of nitrogens with zero attached hydrogens (tertiary/aromatic N) is 3. The van der Waals surface area contributed by atoms with Crippen molar-refractivity contribution < 1.29 is 14.6 Å². The number of benzene rings is 1. The Labute approximate surface area is 204 Å². The van der Waals surface area contributed by atoms with Gasteiger partial charge in [-0.15, -0.1) is 11.3 Å². The number of thiophene rings is 1. The molecule has 1 unspecified atom stereocenters. The van der Waals surface area contributed by atoms with Crippen LogP contribution in [0.1, 0.15) is 36.2 Å². The van der Waals surface area contributed by atoms with E-state index < -0.39 is 12.0 Å². The number of carboxylic acid groups (broad SMARTS) is 1. The second-order valence-electron chi connectivity index (χ2n) is 8.20. The number of thiazole rings is 1. The number of ether oxygens (including phenoxy) is 1. The number of aromatic nitrogens is 1. The van der Waals surface area contributed by atoms with Crippen LogP contribution in [-0.4, -0.2) is 41.9 Å². The Hall–Kier alpha value is -3.01. The summed E-state index contributed by atoms with van der Waals surface area (Å²) in [5.74, 6) is -1.03. The summed E-state index contributed by atoms with van der Waals surface area (Å²) < 4.78 is 7.52. The lowest BCUT2D eigenvalue weighted by atomic mass is 9.99. The Kier molecular flexibility index (Phi) is 6.49. The maximum Gasteiger partial charge on any atom is 0.335 e. The van der Waals surface area contributed by atoms with Gasteiger partial charge in [-0.2, -0.15) is 0 Å². The number of fused-ring (bicyclic) bond motifs is 1. The third-order valence-electron chi connectivity index (χ3n) is 6.01. The Balaban J connectivity index is 1.59. The second-order valence-corrected chi connectivity index (χ2v) is 10.2. The molecule has 1 N–H and O–H groups in total. The average molecular weight is 496 g/mol. The number of carbonyl (C=O) groups is 1. The van der Waals surface area contributed by atoms with Gasteiger partial charge >= 0.3 is 5.97 Å². The van der Waals surface area contributed by atoms with E-state index in [0.29, 0.717) is 21.5 Å². The maximum absolute atomic E-state index is 13.5. The van der Waals surface area contributed by atoms with Crippen molar-refractivity contribution in [1.82, 2.24) is 4.57 Å². The molecule has 3 aromatic rings. The summed E-state index contributed by atoms with van der Waals surface area (Å²) in [4.78, 5) is 34.1. The normalized spacial score (nSPS) is 18.7. The summed E-state index contributed by atoms with van der Waals surface area (Å²) in [6.07, 6.45) is 3.19. The summed E-state index contributed by atoms with van der Waals surface area (Å²) in [6.45, 7) is 5.19. The second kappa shape index (κ2) is 9.69. The lowest BCUT2D eigenvalue weighted by molar-refractivity contribution is -0.133. The number of aliphatic carboxylic acids is 1. The van der Waals surface area contributed by atoms with Crippen LogP contribution >= 0.6 is 22.7 Å². The molecule has 0 amide bonds. The first-order valence-corrected chi connectivity index (χ1v) is 13.0. The van der Waals surface area contributed by atoms with Crippen molar-refractivity contribution in [1.29, 1.82) is 0 Å². The van der Waals surface area contributed by atoms with E-state index in [1.54, 1.807) is 4.57 Å². The number of rotatable bonds is 6. The van der Waals surface area contributed by atoms with E-state index in [2.05, 4.69) is 22.0 Å². The molecule has 2 aliphatic heterocycles. The van der Waals surface area contributed by atoms with Crippen LogP contribution in [0.25, 0.3) is 6.08 Å². The molecule has 1 saturated heterocycles. The van der Waals surface area contributed by atoms with Crippen LogP contribution in [-0.2, 0) is 9.53 Å². The summed E-state index contributed by atoms with van der Waals surface area (Å²) in [5.41, 5.74) is 2.58. The van der Waals surface area contributed by atoms with Crippen LogP contribution < -0.4 is 19.8 Å². The molecule has 1 fully saturated rings. The van der Waals surface area contributed by atoms with Crippen molar-refractivity contribution in [2.75, 3.05) is 31.2 Å². The molecular formula is C25H25N3O4S2. The van der Waals surface area contributed by atoms with Gasteiger partial charge in [0.05, 0.1) is 29.0 Å². The standard InChI is InChI=1S/C25H25N3O4S2/c1-2-4-18-21(24(30)31)22(19-5-3-14-33-19)28-23(29)20(34-25(28)26-18)15-16-6-8-17(9-7-16)27-10-12-32-13-11-27/h3,5-9,14-15,22H,2,4,10-13H2,1H3,(H,30,31)/b20-15-. The van der Waals surface area contributed by atoms with E-state index in [1.807, 2.05) is 42.6 Å². The summed E-state index contributed by atoms with van der Waals surface area (Å²) in [5, 5.41) is 12.0. The summed E-state index contributed by atoms with van der Waals surface area (Å²) >= 11 is 2.77. The van der Waals surface area contributed by atoms with Gasteiger partial charge in [-0.05, 0) is 41.6 Å². The smallest absolute Gasteiger partial charge is 0.335 e. The van der Waals surface area contributed by atoms with Gasteiger partial charge in [-0.3, -0.25) is 9.36 Å². The van der Waals surface area contributed by atoms with Gasteiger partial charge in [0.2, 0.25) is 0 Å². The van der Waals surface area contributed by atoms with E-state index >= 15 is 0 Å². The maximum atomic E-state index is 13.5. The molecular weight excluding hydrogens is 470 g/mol. The fourth-order valence-corrected chi connectivity index (χ4v) is 6.24. The van der Waals surface area contributed by atoms with Gasteiger partial charge < -0.3 is 14.7 Å². The van der Waals surface area contributed by atoms with Gasteiger partial charge in [0.15, 0.2) is 4.80 Å². The van der Waals surface area contributed by atoms with Crippen molar-refractivity contribution in [3.05, 3.63) is 83.2 Å². The van der Waals surface area contributed by atoms with Crippen molar-refractivity contribution in [3.63, 3.8) is 0 Å². The monoisotopic (exact) mass is 495 g/mol. The SMILES string of the molecule is CCCC1=C(C(=O)O)C(c2cccs2)n2c(s/c(=C\c3ccc(N4CCOCC4)cc3)c2=O)=N1. The van der Waals surface area contributed by atoms with Crippen LogP contribution in [0.3, 0.4) is 0 Å². The molecule has 2 aromatic heterocycles. The largest absolute Gasteiger partial charge is 0.478 e. The Morgan fingerprint density at radius 2 is 2.00 bits per heavy atom. The first-order valence-electron chi connectivity index (χ1n) is 11.3. The van der Waals surface area contributed by atoms with Gasteiger partial charge in [0.25, 0.3) is 5.56 Å². The fraction of sp³-hybridized carbons (Fsp3) is 0.320. The number of anilines is 1. The Morgan fingerprint density at radius 1 is 1.24 bits per heavy atom. The van der Waals surface area contributed by atoms with Gasteiger partial charge in [-0.25, -0.2) is 9.79 Å². The Bertz CT molecular complexity index is 1400. The topological polar surface area (TPSA) is 84.1 Å². The molecule has 0 saturated carbocycles. The zero-order chi connectivity index (χ0) is 23.7. The van der Waals surface area contributed by atoms with Crippen LogP contribution in [0.4, 0.5) is 5.69 Å². The number of hydrogen-bond donors (Lipinski definition) is 1. The molecule has 2 aliphatic rings. The third-order valence-corrected chi connectivity index (χ3v) is 7.91. The van der Waals surface area contributed by atoms with Crippen LogP contribution in [0, 0.1) is 0 Å². The minimum atomic E-state index is -1.03. The van der Waals surface area contributed by atoms with E-state index in [0.717, 1.165) is 48.9 Å². The average Bonchev–Trinajstić information content (AvgIpc) is 3.48. The highest BCUT2D eigenvalue weighted by molar-refractivity contribution is 7.10. The quantitative estimate of drug-likeness (QED) is 0.568. The van der Waals surface area contributed by atoms with Gasteiger partial charge in [0.1, 0.15) is 6.04 Å². The first-order chi connectivity index (χ1) is 16.6. The summed E-state index contributed by atoms with van der Waals surface area (Å²) in [6, 6.07) is 11.2. The molecule has 9 heteroatoms. The zero-order valence-corrected chi connectivity index (χ0v) is 20.4. The van der Waals surface area contributed by atoms with E-state index in [4.69, 9.17) is 4.74 Å². The molecule has 7 nitrogen and oxygen atoms in total. The van der Waals surface area contributed by atoms with Crippen LogP contribution in [0.15, 0.2) is 62.8 Å². The van der Waals surface area contributed by atoms with Crippen molar-refractivity contribution in [2.45, 2.75) is 25.8 Å². The minimum Gasteiger partial charge on any atom is -0.478 e. The lowest BCUT2D eigenvalue weighted by Gasteiger charge is -2.28. The van der Waals surface area contributed by atoms with E-state index in [-0.39, 0.29) is 11.1 Å². The summed E-state index contributed by atoms with van der Waals surface area (Å²) in [7, 11) is 0. The number of hydrogen-bond acceptors (Lipinski definition) is 7. The molecule has 176 valence electrons. The van der Waals surface area contributed by atoms with Crippen LogP contribution in [0.2, 0.25) is 0 Å². The molecule has 4 heterocycles. The highest BCUT2D eigenvalue weighted by Crippen LogP contribution is 2.33. The molecule has 1 aromatic carbocycles. The minimum absolute atomic E-state index is 0.193. The molecule has 34 heavy (non-hydrogen) atoms. The molecule has 0 bridgehead atoms. The molecule has 0 spiro atoms.